The first kappa shape index (κ1) is 24.4. The molecule has 1 fully saturated rings. The molecule has 0 spiro atoms. The molecule has 2 aromatic heterocycles. The lowest BCUT2D eigenvalue weighted by molar-refractivity contribution is -0.152. The van der Waals surface area contributed by atoms with Gasteiger partial charge in [0.25, 0.3) is 5.91 Å². The van der Waals surface area contributed by atoms with E-state index in [-0.39, 0.29) is 24.9 Å². The average molecular weight is 499 g/mol. The van der Waals surface area contributed by atoms with E-state index >= 15 is 0 Å². The van der Waals surface area contributed by atoms with Crippen LogP contribution in [0.1, 0.15) is 12.0 Å². The van der Waals surface area contributed by atoms with Crippen LogP contribution in [0, 0.1) is 0 Å². The molecule has 0 saturated carbocycles. The van der Waals surface area contributed by atoms with Gasteiger partial charge in [0.05, 0.1) is 7.11 Å². The molecule has 5 rings (SSSR count). The first-order chi connectivity index (χ1) is 18.1. The van der Waals surface area contributed by atoms with Crippen molar-refractivity contribution in [2.24, 2.45) is 0 Å². The minimum absolute atomic E-state index is 0.167. The number of aromatic nitrogens is 2. The van der Waals surface area contributed by atoms with Crippen LogP contribution in [0.15, 0.2) is 72.9 Å². The highest BCUT2D eigenvalue weighted by Crippen LogP contribution is 2.32. The van der Waals surface area contributed by atoms with Crippen LogP contribution in [0.3, 0.4) is 0 Å². The van der Waals surface area contributed by atoms with Gasteiger partial charge in [-0.3, -0.25) is 9.59 Å². The zero-order chi connectivity index (χ0) is 25.6. The lowest BCUT2D eigenvalue weighted by Gasteiger charge is -2.35. The average Bonchev–Trinajstić information content (AvgIpc) is 3.34. The van der Waals surface area contributed by atoms with Crippen LogP contribution in [-0.4, -0.2) is 66.6 Å². The van der Waals surface area contributed by atoms with Gasteiger partial charge in [0.1, 0.15) is 11.6 Å². The number of para-hydroxylation sites is 1. The maximum absolute atomic E-state index is 12.6. The van der Waals surface area contributed by atoms with Crippen LogP contribution in [0.4, 0.5) is 5.82 Å². The number of anilines is 1. The molecule has 8 nitrogen and oxygen atoms in total. The number of fused-ring (bicyclic) bond motifs is 1. The molecule has 0 radical (unpaired) electrons. The zero-order valence-electron chi connectivity index (χ0n) is 20.9. The van der Waals surface area contributed by atoms with Crippen LogP contribution in [-0.2, 0) is 20.7 Å². The normalized spacial score (nSPS) is 13.5. The lowest BCUT2D eigenvalue weighted by Crippen LogP contribution is -2.50. The van der Waals surface area contributed by atoms with Gasteiger partial charge in [-0.15, -0.1) is 0 Å². The number of methoxy groups -OCH3 is 1. The minimum Gasteiger partial charge on any atom is -0.497 e. The largest absolute Gasteiger partial charge is 0.497 e. The van der Waals surface area contributed by atoms with E-state index in [0.29, 0.717) is 32.6 Å². The van der Waals surface area contributed by atoms with Gasteiger partial charge >= 0.3 is 5.97 Å². The number of nitrogens with zero attached hydrogens (tertiary/aromatic N) is 3. The summed E-state index contributed by atoms with van der Waals surface area (Å²) < 4.78 is 10.7. The zero-order valence-corrected chi connectivity index (χ0v) is 20.9. The maximum Gasteiger partial charge on any atom is 0.306 e. The van der Waals surface area contributed by atoms with E-state index in [1.165, 1.54) is 0 Å². The molecule has 2 aromatic carbocycles. The summed E-state index contributed by atoms with van der Waals surface area (Å²) in [4.78, 5) is 37.0. The van der Waals surface area contributed by atoms with Crippen molar-refractivity contribution >= 4 is 28.6 Å². The van der Waals surface area contributed by atoms with Crippen molar-refractivity contribution in [1.82, 2.24) is 14.9 Å². The molecule has 8 heteroatoms. The van der Waals surface area contributed by atoms with Crippen molar-refractivity contribution in [2.45, 2.75) is 12.8 Å². The van der Waals surface area contributed by atoms with E-state index in [4.69, 9.17) is 9.47 Å². The fraction of sp³-hybridized carbons (Fsp3) is 0.276. The van der Waals surface area contributed by atoms with E-state index in [1.807, 2.05) is 66.7 Å². The van der Waals surface area contributed by atoms with Crippen molar-refractivity contribution in [1.29, 1.82) is 0 Å². The Morgan fingerprint density at radius 2 is 1.70 bits per heavy atom. The van der Waals surface area contributed by atoms with Gasteiger partial charge in [-0.2, -0.15) is 0 Å². The van der Waals surface area contributed by atoms with Crippen molar-refractivity contribution in [2.75, 3.05) is 44.8 Å². The Labute approximate surface area is 215 Å². The number of amides is 1. The number of aryl methyl sites for hydroxylation is 1. The third-order valence-corrected chi connectivity index (χ3v) is 6.73. The molecule has 1 saturated heterocycles. The topological polar surface area (TPSA) is 87.8 Å². The SMILES string of the molecule is COc1ccc(-c2[nH]c3ccccc3c2CCC(=O)OCC(=O)N2CCN(c3ccccn3)CC2)cc1. The van der Waals surface area contributed by atoms with Crippen LogP contribution < -0.4 is 9.64 Å². The fourth-order valence-corrected chi connectivity index (χ4v) is 4.72. The summed E-state index contributed by atoms with van der Waals surface area (Å²) in [6, 6.07) is 21.7. The Kier molecular flexibility index (Phi) is 7.35. The highest BCUT2D eigenvalue weighted by Gasteiger charge is 2.23. The summed E-state index contributed by atoms with van der Waals surface area (Å²) in [5.41, 5.74) is 4.05. The van der Waals surface area contributed by atoms with Crippen LogP contribution in [0.2, 0.25) is 0 Å². The Morgan fingerprint density at radius 3 is 2.43 bits per heavy atom. The van der Waals surface area contributed by atoms with Crippen molar-refractivity contribution in [3.05, 3.63) is 78.5 Å². The summed E-state index contributed by atoms with van der Waals surface area (Å²) in [7, 11) is 1.64. The fourth-order valence-electron chi connectivity index (χ4n) is 4.72. The number of carbonyl (C=O) groups excluding carboxylic acids is 2. The molecule has 0 bridgehead atoms. The molecule has 4 aromatic rings. The molecule has 1 amide bonds. The van der Waals surface area contributed by atoms with Gasteiger partial charge in [-0.25, -0.2) is 4.98 Å². The van der Waals surface area contributed by atoms with E-state index in [9.17, 15) is 9.59 Å². The molecule has 0 aliphatic carbocycles. The van der Waals surface area contributed by atoms with Gasteiger partial charge in [-0.05, 0) is 60.0 Å². The van der Waals surface area contributed by atoms with Crippen molar-refractivity contribution in [3.63, 3.8) is 0 Å². The maximum atomic E-state index is 12.6. The highest BCUT2D eigenvalue weighted by atomic mass is 16.5. The third kappa shape index (κ3) is 5.58. The van der Waals surface area contributed by atoms with Gasteiger partial charge in [0.15, 0.2) is 6.61 Å². The molecule has 3 heterocycles. The molecular formula is C29H30N4O4. The quantitative estimate of drug-likeness (QED) is 0.369. The first-order valence-electron chi connectivity index (χ1n) is 12.5. The number of benzene rings is 2. The van der Waals surface area contributed by atoms with Crippen LogP contribution >= 0.6 is 0 Å². The number of H-pyrrole nitrogens is 1. The number of aromatic amines is 1. The molecule has 0 unspecified atom stereocenters. The summed E-state index contributed by atoms with van der Waals surface area (Å²) in [6.45, 7) is 2.32. The predicted molar refractivity (Wildman–Crippen MR) is 143 cm³/mol. The summed E-state index contributed by atoms with van der Waals surface area (Å²) >= 11 is 0. The summed E-state index contributed by atoms with van der Waals surface area (Å²) in [6.07, 6.45) is 2.45. The number of nitrogens with one attached hydrogen (secondary N) is 1. The molecule has 1 N–H and O–H groups in total. The van der Waals surface area contributed by atoms with Crippen molar-refractivity contribution in [3.8, 4) is 17.0 Å². The monoisotopic (exact) mass is 498 g/mol. The highest BCUT2D eigenvalue weighted by molar-refractivity contribution is 5.91. The summed E-state index contributed by atoms with van der Waals surface area (Å²) in [5, 5.41) is 1.07. The third-order valence-electron chi connectivity index (χ3n) is 6.73. The molecule has 1 aliphatic heterocycles. The van der Waals surface area contributed by atoms with E-state index in [1.54, 1.807) is 18.2 Å². The van der Waals surface area contributed by atoms with Gasteiger partial charge in [0.2, 0.25) is 0 Å². The van der Waals surface area contributed by atoms with Gasteiger partial charge < -0.3 is 24.3 Å². The van der Waals surface area contributed by atoms with E-state index in [2.05, 4.69) is 14.9 Å². The number of carbonyl (C=O) groups is 2. The van der Waals surface area contributed by atoms with E-state index in [0.717, 1.165) is 39.3 Å². The second-order valence-electron chi connectivity index (χ2n) is 8.97. The smallest absolute Gasteiger partial charge is 0.306 e. The Morgan fingerprint density at radius 1 is 0.946 bits per heavy atom. The second-order valence-corrected chi connectivity index (χ2v) is 8.97. The van der Waals surface area contributed by atoms with Gasteiger partial charge in [0, 0.05) is 55.4 Å². The summed E-state index contributed by atoms with van der Waals surface area (Å²) in [5.74, 6) is 1.14. The number of pyridine rings is 1. The first-order valence-corrected chi connectivity index (χ1v) is 12.5. The van der Waals surface area contributed by atoms with E-state index < -0.39 is 0 Å². The Hall–Kier alpha value is -4.33. The van der Waals surface area contributed by atoms with Crippen LogP contribution in [0.5, 0.6) is 5.75 Å². The molecular weight excluding hydrogens is 468 g/mol. The molecule has 1 aliphatic rings. The van der Waals surface area contributed by atoms with Crippen molar-refractivity contribution < 1.29 is 19.1 Å². The van der Waals surface area contributed by atoms with Crippen LogP contribution in [0.25, 0.3) is 22.2 Å². The number of hydrogen-bond acceptors (Lipinski definition) is 6. The Balaban J connectivity index is 1.17. The number of hydrogen-bond donors (Lipinski definition) is 1. The molecule has 0 atom stereocenters. The van der Waals surface area contributed by atoms with Gasteiger partial charge in [-0.1, -0.05) is 24.3 Å². The molecule has 190 valence electrons. The lowest BCUT2D eigenvalue weighted by atomic mass is 10.0. The molecule has 37 heavy (non-hydrogen) atoms. The minimum atomic E-state index is -0.383. The number of rotatable bonds is 8. The predicted octanol–water partition coefficient (Wildman–Crippen LogP) is 4.06. The Bertz CT molecular complexity index is 1360. The standard InChI is InChI=1S/C29H30N4O4/c1-36-22-11-9-21(10-12-22)29-24(23-6-2-3-7-25(23)31-29)13-14-28(35)37-20-27(34)33-18-16-32(17-19-33)26-8-4-5-15-30-26/h2-12,15,31H,13-14,16-20H2,1H3. The number of esters is 1. The number of piperazine rings is 1. The second kappa shape index (κ2) is 11.2. The number of ether oxygens (including phenoxy) is 2.